The summed E-state index contributed by atoms with van der Waals surface area (Å²) in [6, 6.07) is 15.5. The lowest BCUT2D eigenvalue weighted by Gasteiger charge is -2.23. The van der Waals surface area contributed by atoms with Crippen LogP contribution in [0, 0.1) is 0 Å². The van der Waals surface area contributed by atoms with Crippen LogP contribution in [0.2, 0.25) is 20.1 Å². The summed E-state index contributed by atoms with van der Waals surface area (Å²) in [6.07, 6.45) is 14.0. The van der Waals surface area contributed by atoms with E-state index < -0.39 is 16.2 Å². The van der Waals surface area contributed by atoms with Gasteiger partial charge < -0.3 is 9.74 Å². The molecule has 0 radical (unpaired) electrons. The van der Waals surface area contributed by atoms with E-state index in [2.05, 4.69) is 26.7 Å². The molecule has 3 aromatic rings. The average Bonchev–Trinajstić information content (AvgIpc) is 3.47. The Labute approximate surface area is 357 Å². The predicted octanol–water partition coefficient (Wildman–Crippen LogP) is 10.3. The maximum Gasteiger partial charge on any atom is 0.335 e. The highest BCUT2D eigenvalue weighted by atomic mass is 35.5. The minimum atomic E-state index is -3.80. The van der Waals surface area contributed by atoms with Gasteiger partial charge in [-0.05, 0) is 67.4 Å². The summed E-state index contributed by atoms with van der Waals surface area (Å²) < 4.78 is 30.2. The fourth-order valence-corrected chi connectivity index (χ4v) is 7.73. The van der Waals surface area contributed by atoms with Crippen molar-refractivity contribution in [1.82, 2.24) is 15.6 Å². The minimum Gasteiger partial charge on any atom is -0.370 e. The molecule has 57 heavy (non-hydrogen) atoms. The van der Waals surface area contributed by atoms with Crippen LogP contribution in [0.25, 0.3) is 0 Å². The third kappa shape index (κ3) is 15.0. The quantitative estimate of drug-likeness (QED) is 0.0565. The Kier molecular flexibility index (Phi) is 19.8. The summed E-state index contributed by atoms with van der Waals surface area (Å²) in [6.45, 7) is 6.39. The summed E-state index contributed by atoms with van der Waals surface area (Å²) in [7, 11) is -2.70. The van der Waals surface area contributed by atoms with Gasteiger partial charge in [0.25, 0.3) is 5.91 Å². The number of carbonyl (C=O) groups excluding carboxylic acids is 1. The zero-order chi connectivity index (χ0) is 41.2. The molecule has 4 rings (SSSR count). The highest BCUT2D eigenvalue weighted by Crippen LogP contribution is 2.38. The number of hydrazine groups is 1. The zero-order valence-corrected chi connectivity index (χ0v) is 36.6. The van der Waals surface area contributed by atoms with Crippen molar-refractivity contribution in [2.24, 2.45) is 9.98 Å². The fraction of sp³-hybridized carbons (Fsp3) is 0.475. The molecule has 0 unspecified atom stereocenters. The second kappa shape index (κ2) is 24.2. The largest absolute Gasteiger partial charge is 0.370 e. The van der Waals surface area contributed by atoms with E-state index in [1.807, 2.05) is 36.1 Å². The van der Waals surface area contributed by atoms with E-state index in [0.717, 1.165) is 31.2 Å². The number of hydrogen-bond donors (Lipinski definition) is 3. The van der Waals surface area contributed by atoms with E-state index in [0.29, 0.717) is 47.7 Å². The predicted molar refractivity (Wildman–Crippen MR) is 235 cm³/mol. The first kappa shape index (κ1) is 46.7. The van der Waals surface area contributed by atoms with Gasteiger partial charge in [0.15, 0.2) is 11.5 Å². The van der Waals surface area contributed by atoms with Crippen molar-refractivity contribution < 1.29 is 22.2 Å². The lowest BCUT2D eigenvalue weighted by Crippen LogP contribution is -2.36. The maximum absolute atomic E-state index is 14.0. The summed E-state index contributed by atoms with van der Waals surface area (Å²) >= 11 is 25.9. The van der Waals surface area contributed by atoms with E-state index in [4.69, 9.17) is 61.2 Å². The van der Waals surface area contributed by atoms with Crippen LogP contribution >= 0.6 is 46.4 Å². The zero-order valence-electron chi connectivity index (χ0n) is 32.8. The second-order valence-electron chi connectivity index (χ2n) is 13.5. The van der Waals surface area contributed by atoms with Crippen molar-refractivity contribution in [3.8, 4) is 0 Å². The number of nitrogens with one attached hydrogen (secondary N) is 3. The summed E-state index contributed by atoms with van der Waals surface area (Å²) in [5.41, 5.74) is 8.78. The molecule has 3 N–H and O–H groups in total. The van der Waals surface area contributed by atoms with Gasteiger partial charge in [-0.3, -0.25) is 14.4 Å². The molecule has 12 nitrogen and oxygen atoms in total. The number of hydroxylamine groups is 1. The summed E-state index contributed by atoms with van der Waals surface area (Å²) in [5.74, 6) is -0.444. The SMILES string of the molecule is CCCCCCCCCCCCCONCc1ccc(Cl)c(N=C2NN(c3c(Cl)cc(Cl)cc3Cl)C(=O)C2=Nc2ccc(N(CC)CCNS(=O)(=O)OC)cc2)c1. The molecule has 1 aliphatic rings. The van der Waals surface area contributed by atoms with Gasteiger partial charge in [0, 0.05) is 36.9 Å². The van der Waals surface area contributed by atoms with Crippen molar-refractivity contribution >= 4 is 96.9 Å². The van der Waals surface area contributed by atoms with Crippen LogP contribution < -0.4 is 25.5 Å². The number of amides is 1. The Hall–Kier alpha value is -2.98. The van der Waals surface area contributed by atoms with Crippen molar-refractivity contribution in [1.29, 1.82) is 0 Å². The first-order valence-corrected chi connectivity index (χ1v) is 22.3. The number of anilines is 2. The lowest BCUT2D eigenvalue weighted by molar-refractivity contribution is -0.112. The van der Waals surface area contributed by atoms with Crippen LogP contribution in [0.3, 0.4) is 0 Å². The number of carbonyl (C=O) groups is 1. The van der Waals surface area contributed by atoms with Crippen LogP contribution in [-0.2, 0) is 30.7 Å². The molecule has 0 atom stereocenters. The van der Waals surface area contributed by atoms with Gasteiger partial charge >= 0.3 is 10.3 Å². The number of aliphatic imine (C=N–C) groups is 2. The van der Waals surface area contributed by atoms with E-state index in [9.17, 15) is 13.2 Å². The number of nitrogens with zero attached hydrogens (tertiary/aromatic N) is 4. The van der Waals surface area contributed by atoms with Crippen molar-refractivity contribution in [3.05, 3.63) is 80.3 Å². The van der Waals surface area contributed by atoms with Crippen molar-refractivity contribution in [3.63, 3.8) is 0 Å². The fourth-order valence-electron chi connectivity index (χ4n) is 6.12. The summed E-state index contributed by atoms with van der Waals surface area (Å²) in [5, 5.41) is 2.13. The number of unbranched alkanes of at least 4 members (excludes halogenated alkanes) is 10. The van der Waals surface area contributed by atoms with Gasteiger partial charge in [-0.25, -0.2) is 15.0 Å². The Morgan fingerprint density at radius 1 is 0.807 bits per heavy atom. The number of likely N-dealkylation sites (N-methyl/N-ethyl adjacent to an activating group) is 1. The molecule has 0 aliphatic carbocycles. The Balaban J connectivity index is 1.45. The van der Waals surface area contributed by atoms with Crippen LogP contribution in [0.15, 0.2) is 64.6 Å². The van der Waals surface area contributed by atoms with E-state index >= 15 is 0 Å². The molecule has 312 valence electrons. The Morgan fingerprint density at radius 3 is 2.05 bits per heavy atom. The Bertz CT molecular complexity index is 1910. The number of hydrogen-bond acceptors (Lipinski definition) is 9. The molecule has 1 amide bonds. The molecule has 0 spiro atoms. The van der Waals surface area contributed by atoms with Gasteiger partial charge in [0.05, 0.1) is 40.2 Å². The van der Waals surface area contributed by atoms with Gasteiger partial charge in [0.2, 0.25) is 0 Å². The first-order valence-electron chi connectivity index (χ1n) is 19.4. The van der Waals surface area contributed by atoms with E-state index in [1.165, 1.54) is 74.9 Å². The molecule has 1 aliphatic heterocycles. The monoisotopic (exact) mass is 883 g/mol. The second-order valence-corrected chi connectivity index (χ2v) is 16.7. The smallest absolute Gasteiger partial charge is 0.335 e. The first-order chi connectivity index (χ1) is 27.5. The molecule has 0 saturated carbocycles. The molecule has 3 aromatic carbocycles. The number of amidine groups is 1. The lowest BCUT2D eigenvalue weighted by atomic mass is 10.1. The highest BCUT2D eigenvalue weighted by Gasteiger charge is 2.37. The van der Waals surface area contributed by atoms with E-state index in [1.54, 1.807) is 18.2 Å². The molecular weight excluding hydrogens is 832 g/mol. The number of rotatable bonds is 25. The minimum absolute atomic E-state index is 0.0129. The van der Waals surface area contributed by atoms with Gasteiger partial charge in [0.1, 0.15) is 5.69 Å². The van der Waals surface area contributed by atoms with Crippen molar-refractivity contribution in [2.75, 3.05) is 43.3 Å². The van der Waals surface area contributed by atoms with Gasteiger partial charge in [-0.1, -0.05) is 124 Å². The number of benzene rings is 3. The molecule has 0 bridgehead atoms. The van der Waals surface area contributed by atoms with Crippen LogP contribution in [0.4, 0.5) is 22.7 Å². The van der Waals surface area contributed by atoms with E-state index in [-0.39, 0.29) is 33.8 Å². The normalized spacial score (nSPS) is 14.6. The van der Waals surface area contributed by atoms with Crippen LogP contribution in [0.5, 0.6) is 0 Å². The van der Waals surface area contributed by atoms with Crippen LogP contribution in [0.1, 0.15) is 90.0 Å². The topological polar surface area (TPSA) is 137 Å². The maximum atomic E-state index is 14.0. The molecule has 1 fully saturated rings. The standard InChI is InChI=1S/C40H53Cl4N7O5S/c1-4-6-7-8-9-10-11-12-13-14-15-24-56-45-28-29-16-21-33(42)36(25-29)48-39-37(40(52)51(49-39)38-34(43)26-30(41)27-35(38)44)47-31-17-19-32(20-18-31)50(5-2)23-22-46-57(53,54)55-3/h16-21,25-27,45-46H,4-15,22-24,28H2,1-3H3,(H,48,49). The van der Waals surface area contributed by atoms with Gasteiger partial charge in [-0.15, -0.1) is 0 Å². The summed E-state index contributed by atoms with van der Waals surface area (Å²) in [4.78, 5) is 31.2. The van der Waals surface area contributed by atoms with Crippen molar-refractivity contribution in [2.45, 2.75) is 91.0 Å². The highest BCUT2D eigenvalue weighted by molar-refractivity contribution is 7.84. The molecular formula is C40H53Cl4N7O5S. The number of halogens is 4. The molecule has 1 heterocycles. The van der Waals surface area contributed by atoms with Gasteiger partial charge in [-0.2, -0.15) is 18.6 Å². The third-order valence-electron chi connectivity index (χ3n) is 9.24. The molecule has 1 saturated heterocycles. The molecule has 0 aromatic heterocycles. The average molecular weight is 886 g/mol. The third-order valence-corrected chi connectivity index (χ3v) is 11.4. The molecule has 17 heteroatoms. The Morgan fingerprint density at radius 2 is 1.44 bits per heavy atom. The van der Waals surface area contributed by atoms with Crippen LogP contribution in [-0.4, -0.2) is 59.2 Å².